The smallest absolute Gasteiger partial charge is 0.0205 e. The second-order valence-electron chi connectivity index (χ2n) is 2.11. The fourth-order valence-corrected chi connectivity index (χ4v) is 1.45. The van der Waals surface area contributed by atoms with E-state index in [1.54, 1.807) is 0 Å². The van der Waals surface area contributed by atoms with Crippen LogP contribution in [0.3, 0.4) is 0 Å². The fraction of sp³-hybridized carbons (Fsp3) is 1.00. The van der Waals surface area contributed by atoms with Crippen LogP contribution in [-0.2, 0) is 0 Å². The Labute approximate surface area is 51.4 Å². The number of piperidine rings is 1. The van der Waals surface area contributed by atoms with Gasteiger partial charge in [0.1, 0.15) is 0 Å². The van der Waals surface area contributed by atoms with Crippen molar-refractivity contribution in [2.24, 2.45) is 0 Å². The normalized spacial score (nSPS) is 24.0. The molecule has 0 aromatic carbocycles. The van der Waals surface area contributed by atoms with E-state index in [4.69, 9.17) is 5.16 Å². The lowest BCUT2D eigenvalue weighted by atomic mass is 10.2. The molecule has 1 aliphatic heterocycles. The maximum atomic E-state index is 7.04. The van der Waals surface area contributed by atoms with E-state index < -0.39 is 0 Å². The highest BCUT2D eigenvalue weighted by Crippen LogP contribution is 2.16. The number of rotatable bonds is 1. The summed E-state index contributed by atoms with van der Waals surface area (Å²) in [5.41, 5.74) is 0.663. The molecule has 0 spiro atoms. The van der Waals surface area contributed by atoms with Gasteiger partial charge < -0.3 is 5.32 Å². The molecular weight excluding hydrogens is 119 g/mol. The Kier molecular flexibility index (Phi) is 2.44. The van der Waals surface area contributed by atoms with E-state index in [1.165, 1.54) is 12.8 Å². The molecular formula is C5H11N2P. The van der Waals surface area contributed by atoms with E-state index >= 15 is 0 Å². The Morgan fingerprint density at radius 2 is 2.00 bits per heavy atom. The summed E-state index contributed by atoms with van der Waals surface area (Å²) in [6, 6.07) is 0. The van der Waals surface area contributed by atoms with Gasteiger partial charge in [-0.25, -0.2) is 0 Å². The Balaban J connectivity index is 2.22. The highest BCUT2D eigenvalue weighted by molar-refractivity contribution is 7.26. The molecule has 1 saturated heterocycles. The SMILES string of the molecule is N=PC1CCNCC1. The van der Waals surface area contributed by atoms with Crippen molar-refractivity contribution in [1.29, 1.82) is 5.16 Å². The summed E-state index contributed by atoms with van der Waals surface area (Å²) >= 11 is 0. The van der Waals surface area contributed by atoms with Crippen LogP contribution in [0.15, 0.2) is 0 Å². The van der Waals surface area contributed by atoms with Crippen LogP contribution in [-0.4, -0.2) is 18.7 Å². The largest absolute Gasteiger partial charge is 0.317 e. The lowest BCUT2D eigenvalue weighted by molar-refractivity contribution is 0.530. The summed E-state index contributed by atoms with van der Waals surface area (Å²) in [6.07, 6.45) is 2.40. The number of nitrogens with one attached hydrogen (secondary N) is 2. The minimum Gasteiger partial charge on any atom is -0.317 e. The quantitative estimate of drug-likeness (QED) is 0.518. The lowest BCUT2D eigenvalue weighted by Crippen LogP contribution is -2.27. The van der Waals surface area contributed by atoms with Crippen LogP contribution in [0.5, 0.6) is 0 Å². The van der Waals surface area contributed by atoms with E-state index in [9.17, 15) is 0 Å². The Bertz CT molecular complexity index is 78.5. The van der Waals surface area contributed by atoms with Gasteiger partial charge in [-0.05, 0) is 25.9 Å². The highest BCUT2D eigenvalue weighted by Gasteiger charge is 2.09. The molecule has 2 N–H and O–H groups in total. The van der Waals surface area contributed by atoms with Crippen molar-refractivity contribution in [2.45, 2.75) is 18.5 Å². The molecule has 0 radical (unpaired) electrons. The second kappa shape index (κ2) is 3.16. The zero-order chi connectivity index (χ0) is 5.82. The minimum atomic E-state index is 0.663. The molecule has 0 unspecified atom stereocenters. The van der Waals surface area contributed by atoms with Crippen LogP contribution >= 0.6 is 8.37 Å². The molecule has 0 bridgehead atoms. The maximum Gasteiger partial charge on any atom is 0.0205 e. The Morgan fingerprint density at radius 1 is 1.38 bits per heavy atom. The Morgan fingerprint density at radius 3 is 2.38 bits per heavy atom. The molecule has 1 heterocycles. The molecule has 0 aliphatic carbocycles. The molecule has 0 saturated carbocycles. The van der Waals surface area contributed by atoms with Crippen LogP contribution in [0.2, 0.25) is 0 Å². The first-order chi connectivity index (χ1) is 3.93. The van der Waals surface area contributed by atoms with Gasteiger partial charge in [0.05, 0.1) is 0 Å². The molecule has 1 rings (SSSR count). The van der Waals surface area contributed by atoms with Crippen molar-refractivity contribution >= 4 is 8.37 Å². The van der Waals surface area contributed by atoms with Gasteiger partial charge in [-0.1, -0.05) is 0 Å². The molecule has 46 valence electrons. The van der Waals surface area contributed by atoms with Crippen molar-refractivity contribution in [1.82, 2.24) is 5.32 Å². The standard InChI is InChI=1S/C5H11N2P/c6-8-5-1-3-7-4-2-5/h5-7H,1-4H2. The van der Waals surface area contributed by atoms with Crippen LogP contribution in [0.4, 0.5) is 0 Å². The average molecular weight is 130 g/mol. The van der Waals surface area contributed by atoms with Crippen LogP contribution in [0.25, 0.3) is 0 Å². The minimum absolute atomic E-state index is 0.663. The fourth-order valence-electron chi connectivity index (χ4n) is 0.936. The first-order valence-corrected chi connectivity index (χ1v) is 3.97. The third-order valence-electron chi connectivity index (χ3n) is 1.49. The van der Waals surface area contributed by atoms with Crippen molar-refractivity contribution in [3.63, 3.8) is 0 Å². The molecule has 8 heavy (non-hydrogen) atoms. The predicted octanol–water partition coefficient (Wildman–Crippen LogP) is 1.45. The van der Waals surface area contributed by atoms with Gasteiger partial charge in [0.25, 0.3) is 0 Å². The van der Waals surface area contributed by atoms with E-state index in [0.29, 0.717) is 5.66 Å². The van der Waals surface area contributed by atoms with Gasteiger partial charge in [0, 0.05) is 14.0 Å². The monoisotopic (exact) mass is 130 g/mol. The van der Waals surface area contributed by atoms with E-state index in [1.807, 2.05) is 0 Å². The zero-order valence-electron chi connectivity index (χ0n) is 4.85. The average Bonchev–Trinajstić information content (AvgIpc) is 1.90. The van der Waals surface area contributed by atoms with Crippen LogP contribution in [0, 0.1) is 5.16 Å². The van der Waals surface area contributed by atoms with Gasteiger partial charge in [0.2, 0.25) is 0 Å². The van der Waals surface area contributed by atoms with Crippen LogP contribution < -0.4 is 5.32 Å². The molecule has 0 amide bonds. The van der Waals surface area contributed by atoms with Crippen molar-refractivity contribution in [3.05, 3.63) is 0 Å². The summed E-state index contributed by atoms with van der Waals surface area (Å²) in [4.78, 5) is 0. The molecule has 0 aromatic rings. The van der Waals surface area contributed by atoms with Crippen molar-refractivity contribution in [3.8, 4) is 0 Å². The Hall–Kier alpha value is 0.0600. The lowest BCUT2D eigenvalue weighted by Gasteiger charge is -2.16. The first-order valence-electron chi connectivity index (χ1n) is 3.01. The van der Waals surface area contributed by atoms with E-state index in [2.05, 4.69) is 5.32 Å². The third kappa shape index (κ3) is 1.53. The number of hydrogen-bond acceptors (Lipinski definition) is 2. The third-order valence-corrected chi connectivity index (χ3v) is 2.37. The number of hydrogen-bond donors (Lipinski definition) is 2. The summed E-state index contributed by atoms with van der Waals surface area (Å²) < 4.78 is 0. The van der Waals surface area contributed by atoms with Gasteiger partial charge in [-0.3, -0.25) is 5.16 Å². The summed E-state index contributed by atoms with van der Waals surface area (Å²) in [5.74, 6) is 0. The summed E-state index contributed by atoms with van der Waals surface area (Å²) in [6.45, 7) is 2.24. The molecule has 3 heteroatoms. The van der Waals surface area contributed by atoms with E-state index in [0.717, 1.165) is 21.5 Å². The van der Waals surface area contributed by atoms with Gasteiger partial charge in [0.15, 0.2) is 0 Å². The van der Waals surface area contributed by atoms with Crippen molar-refractivity contribution in [2.75, 3.05) is 13.1 Å². The topological polar surface area (TPSA) is 35.9 Å². The van der Waals surface area contributed by atoms with Gasteiger partial charge in [-0.15, -0.1) is 0 Å². The van der Waals surface area contributed by atoms with Crippen LogP contribution in [0.1, 0.15) is 12.8 Å². The molecule has 2 nitrogen and oxygen atoms in total. The zero-order valence-corrected chi connectivity index (χ0v) is 5.75. The first kappa shape index (κ1) is 6.18. The summed E-state index contributed by atoms with van der Waals surface area (Å²) in [7, 11) is 0.836. The van der Waals surface area contributed by atoms with E-state index in [-0.39, 0.29) is 0 Å². The van der Waals surface area contributed by atoms with Gasteiger partial charge in [-0.2, -0.15) is 0 Å². The molecule has 1 aliphatic rings. The highest BCUT2D eigenvalue weighted by atomic mass is 31.1. The second-order valence-corrected chi connectivity index (χ2v) is 3.10. The molecule has 0 atom stereocenters. The van der Waals surface area contributed by atoms with Crippen molar-refractivity contribution < 1.29 is 0 Å². The predicted molar refractivity (Wildman–Crippen MR) is 35.5 cm³/mol. The van der Waals surface area contributed by atoms with Gasteiger partial charge >= 0.3 is 0 Å². The molecule has 0 aromatic heterocycles. The molecule has 1 fully saturated rings. The maximum absolute atomic E-state index is 7.04. The summed E-state index contributed by atoms with van der Waals surface area (Å²) in [5, 5.41) is 10.3.